The van der Waals surface area contributed by atoms with Crippen molar-refractivity contribution < 1.29 is 14.3 Å². The molecule has 0 aromatic carbocycles. The molecule has 1 N–H and O–H groups in total. The Kier molecular flexibility index (Phi) is 8.58. The molecule has 0 spiro atoms. The van der Waals surface area contributed by atoms with Crippen molar-refractivity contribution in [2.24, 2.45) is 5.41 Å². The Morgan fingerprint density at radius 1 is 1.06 bits per heavy atom. The van der Waals surface area contributed by atoms with E-state index in [1.165, 1.54) is 0 Å². The number of carbonyl (C=O) groups is 1. The highest BCUT2D eigenvalue weighted by molar-refractivity contribution is 14.1. The Bertz CT molecular complexity index is 244. The first-order chi connectivity index (χ1) is 8.13. The Morgan fingerprint density at radius 2 is 1.61 bits per heavy atom. The van der Waals surface area contributed by atoms with Gasteiger partial charge in [-0.1, -0.05) is 43.4 Å². The number of ketones is 1. The Labute approximate surface area is 124 Å². The van der Waals surface area contributed by atoms with E-state index in [1.54, 1.807) is 0 Å². The molecule has 18 heavy (non-hydrogen) atoms. The third-order valence-electron chi connectivity index (χ3n) is 2.23. The highest BCUT2D eigenvalue weighted by Gasteiger charge is 2.20. The summed E-state index contributed by atoms with van der Waals surface area (Å²) in [5.41, 5.74) is -0.323. The fourth-order valence-electron chi connectivity index (χ4n) is 1.02. The van der Waals surface area contributed by atoms with Crippen LogP contribution in [0.15, 0.2) is 0 Å². The summed E-state index contributed by atoms with van der Waals surface area (Å²) >= 11 is 2.34. The smallest absolute Gasteiger partial charge is 0.163 e. The molecule has 0 aliphatic rings. The van der Waals surface area contributed by atoms with E-state index in [-0.39, 0.29) is 21.4 Å². The summed E-state index contributed by atoms with van der Waals surface area (Å²) in [4.78, 5) is 11.5. The van der Waals surface area contributed by atoms with Crippen LogP contribution in [-0.2, 0) is 14.3 Å². The Hall–Kier alpha value is 0.280. The van der Waals surface area contributed by atoms with Crippen molar-refractivity contribution in [2.45, 2.75) is 38.2 Å². The lowest BCUT2D eigenvalue weighted by Crippen LogP contribution is -2.35. The third-order valence-corrected chi connectivity index (χ3v) is 2.61. The van der Waals surface area contributed by atoms with Gasteiger partial charge in [0.1, 0.15) is 6.61 Å². The van der Waals surface area contributed by atoms with Gasteiger partial charge in [0.05, 0.1) is 23.4 Å². The van der Waals surface area contributed by atoms with Gasteiger partial charge >= 0.3 is 0 Å². The van der Waals surface area contributed by atoms with E-state index in [1.807, 2.05) is 20.8 Å². The number of Topliss-reactive ketones (excluding diaryl/α,β-unsaturated/α-hetero) is 1. The standard InChI is InChI=1S/C13H26INO3/c1-12(2,3)11(16)10-18-9-8-17-7-6-15-13(4,5)14/h15H,6-10H2,1-5H3. The minimum Gasteiger partial charge on any atom is -0.378 e. The molecular weight excluding hydrogens is 345 g/mol. The fourth-order valence-corrected chi connectivity index (χ4v) is 1.29. The van der Waals surface area contributed by atoms with Crippen LogP contribution in [-0.4, -0.2) is 42.3 Å². The summed E-state index contributed by atoms with van der Waals surface area (Å²) in [6.07, 6.45) is 0. The van der Waals surface area contributed by atoms with E-state index < -0.39 is 0 Å². The second kappa shape index (κ2) is 8.45. The van der Waals surface area contributed by atoms with Crippen molar-refractivity contribution in [1.82, 2.24) is 5.32 Å². The number of hydrogen-bond acceptors (Lipinski definition) is 4. The minimum atomic E-state index is -0.323. The van der Waals surface area contributed by atoms with Crippen molar-refractivity contribution in [1.29, 1.82) is 0 Å². The Balaban J connectivity index is 3.35. The highest BCUT2D eigenvalue weighted by atomic mass is 127. The van der Waals surface area contributed by atoms with Crippen LogP contribution in [0.4, 0.5) is 0 Å². The molecule has 0 bridgehead atoms. The molecule has 0 amide bonds. The highest BCUT2D eigenvalue weighted by Crippen LogP contribution is 2.14. The number of halogens is 1. The lowest BCUT2D eigenvalue weighted by molar-refractivity contribution is -0.131. The first-order valence-electron chi connectivity index (χ1n) is 6.25. The van der Waals surface area contributed by atoms with E-state index >= 15 is 0 Å². The van der Waals surface area contributed by atoms with Crippen LogP contribution in [0.2, 0.25) is 0 Å². The molecule has 0 rings (SSSR count). The van der Waals surface area contributed by atoms with Crippen LogP contribution in [0.1, 0.15) is 34.6 Å². The fraction of sp³-hybridized carbons (Fsp3) is 0.923. The summed E-state index contributed by atoms with van der Waals surface area (Å²) in [5, 5.41) is 3.32. The first-order valence-corrected chi connectivity index (χ1v) is 7.33. The van der Waals surface area contributed by atoms with Gasteiger partial charge < -0.3 is 14.8 Å². The zero-order valence-corrected chi connectivity index (χ0v) is 14.3. The summed E-state index contributed by atoms with van der Waals surface area (Å²) in [7, 11) is 0. The van der Waals surface area contributed by atoms with Gasteiger partial charge in [-0.15, -0.1) is 0 Å². The lowest BCUT2D eigenvalue weighted by Gasteiger charge is -2.18. The van der Waals surface area contributed by atoms with E-state index in [2.05, 4.69) is 41.8 Å². The van der Waals surface area contributed by atoms with Gasteiger partial charge in [-0.2, -0.15) is 0 Å². The van der Waals surface area contributed by atoms with Crippen molar-refractivity contribution in [3.8, 4) is 0 Å². The average molecular weight is 371 g/mol. The molecule has 108 valence electrons. The molecule has 0 aliphatic carbocycles. The quantitative estimate of drug-likeness (QED) is 0.293. The summed E-state index contributed by atoms with van der Waals surface area (Å²) in [5.74, 6) is 0.121. The molecule has 0 atom stereocenters. The molecule has 0 unspecified atom stereocenters. The van der Waals surface area contributed by atoms with E-state index in [0.717, 1.165) is 6.54 Å². The van der Waals surface area contributed by atoms with Gasteiger partial charge in [-0.25, -0.2) is 0 Å². The molecular formula is C13H26INO3. The predicted molar refractivity (Wildman–Crippen MR) is 82.2 cm³/mol. The molecule has 0 saturated heterocycles. The maximum absolute atomic E-state index is 11.5. The maximum Gasteiger partial charge on any atom is 0.163 e. The molecule has 0 aromatic rings. The predicted octanol–water partition coefficient (Wildman–Crippen LogP) is 2.40. The number of ether oxygens (including phenoxy) is 2. The van der Waals surface area contributed by atoms with Gasteiger partial charge in [0.25, 0.3) is 0 Å². The zero-order valence-electron chi connectivity index (χ0n) is 12.1. The molecule has 4 nitrogen and oxygen atoms in total. The number of carbonyl (C=O) groups excluding carboxylic acids is 1. The molecule has 0 saturated carbocycles. The van der Waals surface area contributed by atoms with Crippen LogP contribution in [0.3, 0.4) is 0 Å². The number of alkyl halides is 1. The zero-order chi connectivity index (χ0) is 14.2. The van der Waals surface area contributed by atoms with Gasteiger partial charge in [0.15, 0.2) is 5.78 Å². The summed E-state index contributed by atoms with van der Waals surface area (Å²) in [6.45, 7) is 12.5. The van der Waals surface area contributed by atoms with Gasteiger partial charge in [0, 0.05) is 12.0 Å². The third kappa shape index (κ3) is 11.4. The molecule has 0 heterocycles. The normalized spacial score (nSPS) is 12.8. The molecule has 0 aliphatic heterocycles. The second-order valence-corrected chi connectivity index (χ2v) is 8.43. The van der Waals surface area contributed by atoms with Crippen LogP contribution in [0.25, 0.3) is 0 Å². The molecule has 0 aromatic heterocycles. The van der Waals surface area contributed by atoms with Crippen molar-refractivity contribution >= 4 is 28.4 Å². The van der Waals surface area contributed by atoms with E-state index in [4.69, 9.17) is 9.47 Å². The first kappa shape index (κ1) is 18.3. The molecule has 0 fully saturated rings. The van der Waals surface area contributed by atoms with E-state index in [0.29, 0.717) is 19.8 Å². The van der Waals surface area contributed by atoms with Crippen LogP contribution >= 0.6 is 22.6 Å². The largest absolute Gasteiger partial charge is 0.378 e. The Morgan fingerprint density at radius 3 is 2.11 bits per heavy atom. The van der Waals surface area contributed by atoms with Crippen LogP contribution in [0.5, 0.6) is 0 Å². The average Bonchev–Trinajstić information content (AvgIpc) is 2.18. The topological polar surface area (TPSA) is 47.6 Å². The minimum absolute atomic E-state index is 0.0940. The van der Waals surface area contributed by atoms with E-state index in [9.17, 15) is 4.79 Å². The molecule has 0 radical (unpaired) electrons. The number of hydrogen-bond donors (Lipinski definition) is 1. The summed E-state index contributed by atoms with van der Waals surface area (Å²) < 4.78 is 10.8. The van der Waals surface area contributed by atoms with Gasteiger partial charge in [-0.3, -0.25) is 4.79 Å². The van der Waals surface area contributed by atoms with Gasteiger partial charge in [0.2, 0.25) is 0 Å². The van der Waals surface area contributed by atoms with Gasteiger partial charge in [-0.05, 0) is 13.8 Å². The second-order valence-electron chi connectivity index (χ2n) is 5.74. The lowest BCUT2D eigenvalue weighted by atomic mass is 9.91. The van der Waals surface area contributed by atoms with Crippen LogP contribution < -0.4 is 5.32 Å². The molecule has 5 heteroatoms. The van der Waals surface area contributed by atoms with Crippen molar-refractivity contribution in [3.63, 3.8) is 0 Å². The van der Waals surface area contributed by atoms with Crippen molar-refractivity contribution in [3.05, 3.63) is 0 Å². The monoisotopic (exact) mass is 371 g/mol. The van der Waals surface area contributed by atoms with Crippen molar-refractivity contribution in [2.75, 3.05) is 33.0 Å². The summed E-state index contributed by atoms with van der Waals surface area (Å²) in [6, 6.07) is 0. The number of nitrogens with one attached hydrogen (secondary N) is 1. The number of rotatable bonds is 9. The van der Waals surface area contributed by atoms with Crippen LogP contribution in [0, 0.1) is 5.41 Å². The SMILES string of the molecule is CC(C)(I)NCCOCCOCC(=O)C(C)(C)C. The maximum atomic E-state index is 11.5.